The summed E-state index contributed by atoms with van der Waals surface area (Å²) in [6.45, 7) is 6.29. The molecule has 1 aliphatic heterocycles. The highest BCUT2D eigenvalue weighted by Crippen LogP contribution is 2.01. The van der Waals surface area contributed by atoms with Crippen molar-refractivity contribution in [3.8, 4) is 0 Å². The molecule has 1 atom stereocenters. The first-order chi connectivity index (χ1) is 8.50. The highest BCUT2D eigenvalue weighted by atomic mass is 16.5. The molecule has 1 aliphatic rings. The predicted octanol–water partition coefficient (Wildman–Crippen LogP) is -0.146. The minimum atomic E-state index is -0.971. The molecule has 0 radical (unpaired) electrons. The lowest BCUT2D eigenvalue weighted by atomic mass is 10.2. The summed E-state index contributed by atoms with van der Waals surface area (Å²) in [5.41, 5.74) is 0.684. The van der Waals surface area contributed by atoms with E-state index in [9.17, 15) is 9.59 Å². The van der Waals surface area contributed by atoms with E-state index in [-0.39, 0.29) is 11.9 Å². The van der Waals surface area contributed by atoms with Crippen LogP contribution in [0.2, 0.25) is 0 Å². The molecule has 0 aromatic rings. The normalized spacial score (nSPS) is 18.6. The second-order valence-electron chi connectivity index (χ2n) is 4.37. The second-order valence-corrected chi connectivity index (χ2v) is 4.37. The van der Waals surface area contributed by atoms with E-state index >= 15 is 0 Å². The molecule has 0 bridgehead atoms. The van der Waals surface area contributed by atoms with Crippen molar-refractivity contribution < 1.29 is 19.4 Å². The van der Waals surface area contributed by atoms with Gasteiger partial charge < -0.3 is 20.1 Å². The fraction of sp³-hybridized carbons (Fsp3) is 0.667. The van der Waals surface area contributed by atoms with Crippen molar-refractivity contribution in [3.05, 3.63) is 11.6 Å². The summed E-state index contributed by atoms with van der Waals surface area (Å²) in [4.78, 5) is 24.2. The second kappa shape index (κ2) is 7.13. The highest BCUT2D eigenvalue weighted by Gasteiger charge is 2.21. The molecule has 6 nitrogen and oxygen atoms in total. The van der Waals surface area contributed by atoms with E-state index in [2.05, 4.69) is 5.32 Å². The Hall–Kier alpha value is -1.40. The molecule has 1 heterocycles. The average Bonchev–Trinajstić information content (AvgIpc) is 2.35. The average molecular weight is 256 g/mol. The van der Waals surface area contributed by atoms with E-state index in [4.69, 9.17) is 9.84 Å². The quantitative estimate of drug-likeness (QED) is 0.669. The van der Waals surface area contributed by atoms with Crippen LogP contribution in [0.1, 0.15) is 13.8 Å². The number of amides is 1. The third-order valence-corrected chi connectivity index (χ3v) is 2.75. The molecule has 102 valence electrons. The van der Waals surface area contributed by atoms with Crippen molar-refractivity contribution in [1.82, 2.24) is 10.2 Å². The summed E-state index contributed by atoms with van der Waals surface area (Å²) in [5, 5.41) is 11.6. The van der Waals surface area contributed by atoms with Crippen molar-refractivity contribution in [2.24, 2.45) is 0 Å². The van der Waals surface area contributed by atoms with E-state index in [1.54, 1.807) is 18.7 Å². The Labute approximate surface area is 107 Å². The molecule has 1 fully saturated rings. The summed E-state index contributed by atoms with van der Waals surface area (Å²) < 4.78 is 5.18. The van der Waals surface area contributed by atoms with E-state index in [0.29, 0.717) is 38.4 Å². The first kappa shape index (κ1) is 14.7. The minimum absolute atomic E-state index is 0.0291. The number of hydrogen-bond acceptors (Lipinski definition) is 4. The molecule has 6 heteroatoms. The number of morpholine rings is 1. The fourth-order valence-electron chi connectivity index (χ4n) is 1.72. The van der Waals surface area contributed by atoms with Gasteiger partial charge in [-0.3, -0.25) is 4.79 Å². The van der Waals surface area contributed by atoms with Crippen molar-refractivity contribution in [1.29, 1.82) is 0 Å². The van der Waals surface area contributed by atoms with Gasteiger partial charge >= 0.3 is 5.97 Å². The number of aliphatic carboxylic acids is 1. The molecule has 0 saturated carbocycles. The number of carbonyl (C=O) groups excluding carboxylic acids is 1. The smallest absolute Gasteiger partial charge is 0.328 e. The number of carboxylic acids is 1. The SMILES string of the molecule is CC(=CC(=O)O)CNC(C)C(=O)N1CCOCC1. The number of carbonyl (C=O) groups is 2. The van der Waals surface area contributed by atoms with Crippen LogP contribution in [-0.4, -0.2) is 60.8 Å². The maximum absolute atomic E-state index is 12.0. The van der Waals surface area contributed by atoms with Gasteiger partial charge in [-0.15, -0.1) is 0 Å². The molecule has 0 aromatic heterocycles. The van der Waals surface area contributed by atoms with E-state index in [1.807, 2.05) is 0 Å². The van der Waals surface area contributed by atoms with Crippen molar-refractivity contribution in [2.45, 2.75) is 19.9 Å². The Bertz CT molecular complexity index is 335. The van der Waals surface area contributed by atoms with Gasteiger partial charge in [0.15, 0.2) is 0 Å². The van der Waals surface area contributed by atoms with Crippen molar-refractivity contribution in [2.75, 3.05) is 32.8 Å². The number of carboxylic acid groups (broad SMARTS) is 1. The Morgan fingerprint density at radius 3 is 2.61 bits per heavy atom. The molecule has 1 saturated heterocycles. The maximum Gasteiger partial charge on any atom is 0.328 e. The van der Waals surface area contributed by atoms with Crippen LogP contribution in [0.15, 0.2) is 11.6 Å². The van der Waals surface area contributed by atoms with Crippen LogP contribution >= 0.6 is 0 Å². The van der Waals surface area contributed by atoms with Crippen LogP contribution in [0.3, 0.4) is 0 Å². The standard InChI is InChI=1S/C12H20N2O4/c1-9(7-11(15)16)8-13-10(2)12(17)14-3-5-18-6-4-14/h7,10,13H,3-6,8H2,1-2H3,(H,15,16). The van der Waals surface area contributed by atoms with Crippen LogP contribution in [0.5, 0.6) is 0 Å². The molecule has 0 aromatic carbocycles. The number of nitrogens with one attached hydrogen (secondary N) is 1. The fourth-order valence-corrected chi connectivity index (χ4v) is 1.72. The van der Waals surface area contributed by atoms with Gasteiger partial charge in [-0.2, -0.15) is 0 Å². The molecule has 2 N–H and O–H groups in total. The third kappa shape index (κ3) is 4.85. The predicted molar refractivity (Wildman–Crippen MR) is 66.3 cm³/mol. The monoisotopic (exact) mass is 256 g/mol. The number of hydrogen-bond donors (Lipinski definition) is 2. The van der Waals surface area contributed by atoms with E-state index in [0.717, 1.165) is 6.08 Å². The van der Waals surface area contributed by atoms with Crippen molar-refractivity contribution >= 4 is 11.9 Å². The van der Waals surface area contributed by atoms with Gasteiger partial charge in [0.05, 0.1) is 19.3 Å². The minimum Gasteiger partial charge on any atom is -0.478 e. The lowest BCUT2D eigenvalue weighted by Crippen LogP contribution is -2.49. The Morgan fingerprint density at radius 2 is 2.06 bits per heavy atom. The van der Waals surface area contributed by atoms with Gasteiger partial charge in [0, 0.05) is 25.7 Å². The van der Waals surface area contributed by atoms with Crippen LogP contribution in [-0.2, 0) is 14.3 Å². The summed E-state index contributed by atoms with van der Waals surface area (Å²) >= 11 is 0. The molecule has 0 aliphatic carbocycles. The number of ether oxygens (including phenoxy) is 1. The third-order valence-electron chi connectivity index (χ3n) is 2.75. The largest absolute Gasteiger partial charge is 0.478 e. The van der Waals surface area contributed by atoms with E-state index < -0.39 is 5.97 Å². The highest BCUT2D eigenvalue weighted by molar-refractivity contribution is 5.82. The van der Waals surface area contributed by atoms with Crippen molar-refractivity contribution in [3.63, 3.8) is 0 Å². The number of nitrogens with zero attached hydrogens (tertiary/aromatic N) is 1. The lowest BCUT2D eigenvalue weighted by Gasteiger charge is -2.29. The summed E-state index contributed by atoms with van der Waals surface area (Å²) in [5.74, 6) is -0.942. The van der Waals surface area contributed by atoms with Crippen LogP contribution in [0, 0.1) is 0 Å². The molecule has 1 amide bonds. The van der Waals surface area contributed by atoms with Crippen LogP contribution < -0.4 is 5.32 Å². The van der Waals surface area contributed by atoms with Gasteiger partial charge in [0.1, 0.15) is 0 Å². The lowest BCUT2D eigenvalue weighted by molar-refractivity contribution is -0.137. The summed E-state index contributed by atoms with van der Waals surface area (Å²) in [6, 6.07) is -0.319. The molecule has 18 heavy (non-hydrogen) atoms. The summed E-state index contributed by atoms with van der Waals surface area (Å²) in [7, 11) is 0. The molecular formula is C12H20N2O4. The first-order valence-electron chi connectivity index (χ1n) is 6.00. The zero-order valence-electron chi connectivity index (χ0n) is 10.8. The zero-order valence-corrected chi connectivity index (χ0v) is 10.8. The molecule has 1 unspecified atom stereocenters. The Kier molecular flexibility index (Phi) is 5.80. The van der Waals surface area contributed by atoms with Gasteiger partial charge in [-0.05, 0) is 13.8 Å². The molecule has 0 spiro atoms. The topological polar surface area (TPSA) is 78.9 Å². The number of rotatable bonds is 5. The van der Waals surface area contributed by atoms with E-state index in [1.165, 1.54) is 0 Å². The van der Waals surface area contributed by atoms with Gasteiger partial charge in [0.2, 0.25) is 5.91 Å². The maximum atomic E-state index is 12.0. The zero-order chi connectivity index (χ0) is 13.5. The summed E-state index contributed by atoms with van der Waals surface area (Å²) in [6.07, 6.45) is 1.14. The van der Waals surface area contributed by atoms with Gasteiger partial charge in [-0.25, -0.2) is 4.79 Å². The Morgan fingerprint density at radius 1 is 1.44 bits per heavy atom. The van der Waals surface area contributed by atoms with Crippen LogP contribution in [0.25, 0.3) is 0 Å². The van der Waals surface area contributed by atoms with Gasteiger partial charge in [0.25, 0.3) is 0 Å². The van der Waals surface area contributed by atoms with Gasteiger partial charge in [-0.1, -0.05) is 5.57 Å². The first-order valence-corrected chi connectivity index (χ1v) is 6.00. The molecule has 1 rings (SSSR count). The Balaban J connectivity index is 2.37. The van der Waals surface area contributed by atoms with Crippen LogP contribution in [0.4, 0.5) is 0 Å². The molecular weight excluding hydrogens is 236 g/mol.